The maximum absolute atomic E-state index is 4.07. The highest BCUT2D eigenvalue weighted by Crippen LogP contribution is 2.07. The van der Waals surface area contributed by atoms with Crippen molar-refractivity contribution in [1.29, 1.82) is 0 Å². The van der Waals surface area contributed by atoms with E-state index in [9.17, 15) is 0 Å². The van der Waals surface area contributed by atoms with Gasteiger partial charge in [0.25, 0.3) is 0 Å². The molecule has 0 radical (unpaired) electrons. The summed E-state index contributed by atoms with van der Waals surface area (Å²) in [6.45, 7) is 0. The fourth-order valence-corrected chi connectivity index (χ4v) is 1.63. The van der Waals surface area contributed by atoms with Gasteiger partial charge in [0.05, 0.1) is 19.4 Å². The molecule has 66 valence electrons. The average Bonchev–Trinajstić information content (AvgIpc) is 2.52. The van der Waals surface area contributed by atoms with Gasteiger partial charge in [-0.05, 0) is 0 Å². The van der Waals surface area contributed by atoms with Gasteiger partial charge in [-0.25, -0.2) is 9.55 Å². The highest BCUT2D eigenvalue weighted by atomic mass is 127. The molecule has 0 saturated carbocycles. The summed E-state index contributed by atoms with van der Waals surface area (Å²) in [4.78, 5) is 8.12. The van der Waals surface area contributed by atoms with Crippen LogP contribution in [0.25, 0.3) is 5.82 Å². The van der Waals surface area contributed by atoms with Crippen LogP contribution in [-0.2, 0) is 7.05 Å². The van der Waals surface area contributed by atoms with Crippen LogP contribution in [-0.4, -0.2) is 14.5 Å². The van der Waals surface area contributed by atoms with Crippen molar-refractivity contribution in [3.63, 3.8) is 0 Å². The van der Waals surface area contributed by atoms with Crippen LogP contribution >= 0.6 is 22.6 Å². The van der Waals surface area contributed by atoms with E-state index >= 15 is 0 Å². The van der Waals surface area contributed by atoms with Gasteiger partial charge in [0.2, 0.25) is 0 Å². The smallest absolute Gasteiger partial charge is 0.252 e. The van der Waals surface area contributed by atoms with E-state index in [0.717, 1.165) is 9.52 Å². The molecule has 0 spiro atoms. The van der Waals surface area contributed by atoms with Gasteiger partial charge in [-0.2, -0.15) is 4.57 Å². The third-order valence-electron chi connectivity index (χ3n) is 1.77. The molecule has 0 bridgehead atoms. The molecule has 0 atom stereocenters. The van der Waals surface area contributed by atoms with E-state index in [1.807, 2.05) is 34.8 Å². The first-order valence-electron chi connectivity index (χ1n) is 3.77. The van der Waals surface area contributed by atoms with E-state index in [2.05, 4.69) is 32.6 Å². The minimum absolute atomic E-state index is 1.00. The quantitative estimate of drug-likeness (QED) is 0.571. The number of nitrogens with zero attached hydrogens (tertiary/aromatic N) is 4. The molecule has 0 fully saturated rings. The van der Waals surface area contributed by atoms with Gasteiger partial charge in [0.1, 0.15) is 12.4 Å². The third-order valence-corrected chi connectivity index (χ3v) is 2.57. The molecule has 13 heavy (non-hydrogen) atoms. The van der Waals surface area contributed by atoms with Gasteiger partial charge in [0, 0.05) is 22.6 Å². The van der Waals surface area contributed by atoms with Crippen molar-refractivity contribution in [2.45, 2.75) is 0 Å². The zero-order chi connectivity index (χ0) is 9.26. The summed E-state index contributed by atoms with van der Waals surface area (Å²) < 4.78 is 5.05. The Kier molecular flexibility index (Phi) is 2.26. The topological polar surface area (TPSA) is 34.6 Å². The SMILES string of the molecule is C[n+]1ccncc1-n1cncc1I. The van der Waals surface area contributed by atoms with Crippen LogP contribution in [0.3, 0.4) is 0 Å². The molecule has 0 saturated heterocycles. The molecule has 0 amide bonds. The molecule has 4 nitrogen and oxygen atoms in total. The first-order valence-corrected chi connectivity index (χ1v) is 4.85. The van der Waals surface area contributed by atoms with E-state index in [1.165, 1.54) is 0 Å². The van der Waals surface area contributed by atoms with Crippen molar-refractivity contribution in [2.75, 3.05) is 0 Å². The Hall–Kier alpha value is -0.980. The zero-order valence-corrected chi connectivity index (χ0v) is 9.21. The Morgan fingerprint density at radius 1 is 1.38 bits per heavy atom. The van der Waals surface area contributed by atoms with Crippen LogP contribution in [0.15, 0.2) is 31.1 Å². The summed E-state index contributed by atoms with van der Waals surface area (Å²) in [5.74, 6) is 1.00. The summed E-state index contributed by atoms with van der Waals surface area (Å²) in [7, 11) is 1.98. The lowest BCUT2D eigenvalue weighted by atomic mass is 10.6. The lowest BCUT2D eigenvalue weighted by Gasteiger charge is -1.98. The summed E-state index contributed by atoms with van der Waals surface area (Å²) in [5, 5.41) is 0. The Morgan fingerprint density at radius 2 is 2.23 bits per heavy atom. The van der Waals surface area contributed by atoms with Crippen molar-refractivity contribution in [3.05, 3.63) is 34.8 Å². The Bertz CT molecular complexity index is 424. The first-order chi connectivity index (χ1) is 6.29. The molecule has 2 aromatic rings. The predicted octanol–water partition coefficient (Wildman–Crippen LogP) is 0.696. The minimum atomic E-state index is 1.00. The molecule has 0 aliphatic carbocycles. The number of aryl methyl sites for hydroxylation is 1. The Labute approximate surface area is 89.4 Å². The second-order valence-corrected chi connectivity index (χ2v) is 3.74. The molecule has 0 aliphatic rings. The molecule has 2 heterocycles. The molecule has 0 aliphatic heterocycles. The molecule has 5 heteroatoms. The summed E-state index contributed by atoms with van der Waals surface area (Å²) in [5.41, 5.74) is 0. The fourth-order valence-electron chi connectivity index (χ4n) is 1.10. The van der Waals surface area contributed by atoms with Gasteiger partial charge in [-0.1, -0.05) is 0 Å². The first kappa shape index (κ1) is 8.61. The van der Waals surface area contributed by atoms with E-state index in [1.54, 1.807) is 12.5 Å². The van der Waals surface area contributed by atoms with Gasteiger partial charge in [-0.15, -0.1) is 0 Å². The van der Waals surface area contributed by atoms with Crippen molar-refractivity contribution in [1.82, 2.24) is 14.5 Å². The largest absolute Gasteiger partial charge is 0.306 e. The molecular weight excluding hydrogens is 279 g/mol. The molecular formula is C8H8IN4+. The lowest BCUT2D eigenvalue weighted by Crippen LogP contribution is -2.33. The summed E-state index contributed by atoms with van der Waals surface area (Å²) >= 11 is 2.24. The third kappa shape index (κ3) is 1.55. The van der Waals surface area contributed by atoms with Gasteiger partial charge in [-0.3, -0.25) is 4.98 Å². The average molecular weight is 287 g/mol. The number of rotatable bonds is 1. The summed E-state index contributed by atoms with van der Waals surface area (Å²) in [6.07, 6.45) is 9.06. The van der Waals surface area contributed by atoms with Crippen molar-refractivity contribution in [3.8, 4) is 5.82 Å². The second-order valence-electron chi connectivity index (χ2n) is 2.63. The summed E-state index contributed by atoms with van der Waals surface area (Å²) in [6, 6.07) is 0. The van der Waals surface area contributed by atoms with Crippen LogP contribution in [0.2, 0.25) is 0 Å². The van der Waals surface area contributed by atoms with Crippen LogP contribution < -0.4 is 4.57 Å². The minimum Gasteiger partial charge on any atom is -0.252 e. The maximum Gasteiger partial charge on any atom is 0.306 e. The Balaban J connectivity index is 2.59. The van der Waals surface area contributed by atoms with Crippen LogP contribution in [0, 0.1) is 3.70 Å². The van der Waals surface area contributed by atoms with Crippen LogP contribution in [0.4, 0.5) is 0 Å². The highest BCUT2D eigenvalue weighted by molar-refractivity contribution is 14.1. The van der Waals surface area contributed by atoms with Crippen molar-refractivity contribution in [2.24, 2.45) is 7.05 Å². The van der Waals surface area contributed by atoms with E-state index in [0.29, 0.717) is 0 Å². The van der Waals surface area contributed by atoms with Crippen LogP contribution in [0.5, 0.6) is 0 Å². The normalized spacial score (nSPS) is 10.3. The predicted molar refractivity (Wildman–Crippen MR) is 55.3 cm³/mol. The molecule has 0 N–H and O–H groups in total. The number of aromatic nitrogens is 4. The molecule has 0 unspecified atom stereocenters. The monoisotopic (exact) mass is 287 g/mol. The Morgan fingerprint density at radius 3 is 2.85 bits per heavy atom. The number of hydrogen-bond donors (Lipinski definition) is 0. The maximum atomic E-state index is 4.07. The van der Waals surface area contributed by atoms with E-state index < -0.39 is 0 Å². The number of imidazole rings is 1. The van der Waals surface area contributed by atoms with E-state index in [-0.39, 0.29) is 0 Å². The molecule has 2 rings (SSSR count). The lowest BCUT2D eigenvalue weighted by molar-refractivity contribution is -0.666. The molecule has 2 aromatic heterocycles. The standard InChI is InChI=1S/C8H8IN4/c1-12-3-2-10-5-8(12)13-6-11-4-7(13)9/h2-6H,1H3/q+1. The number of hydrogen-bond acceptors (Lipinski definition) is 2. The van der Waals surface area contributed by atoms with E-state index in [4.69, 9.17) is 0 Å². The zero-order valence-electron chi connectivity index (χ0n) is 7.05. The van der Waals surface area contributed by atoms with Crippen molar-refractivity contribution < 1.29 is 4.57 Å². The van der Waals surface area contributed by atoms with Gasteiger partial charge in [0.15, 0.2) is 10.0 Å². The van der Waals surface area contributed by atoms with Crippen molar-refractivity contribution >= 4 is 22.6 Å². The van der Waals surface area contributed by atoms with Gasteiger partial charge < -0.3 is 0 Å². The fraction of sp³-hybridized carbons (Fsp3) is 0.125. The molecule has 0 aromatic carbocycles. The van der Waals surface area contributed by atoms with Gasteiger partial charge >= 0.3 is 5.82 Å². The second kappa shape index (κ2) is 3.41. The highest BCUT2D eigenvalue weighted by Gasteiger charge is 2.12. The number of halogens is 1. The van der Waals surface area contributed by atoms with Crippen LogP contribution in [0.1, 0.15) is 0 Å².